The number of likely N-dealkylation sites (tertiary alicyclic amines) is 1. The maximum absolute atomic E-state index is 12.5. The summed E-state index contributed by atoms with van der Waals surface area (Å²) in [5, 5.41) is 12.9. The predicted octanol–water partition coefficient (Wildman–Crippen LogP) is 1.87. The van der Waals surface area contributed by atoms with Crippen molar-refractivity contribution >= 4 is 11.9 Å². The Bertz CT molecular complexity index is 376. The zero-order valence-corrected chi connectivity index (χ0v) is 13.1. The lowest BCUT2D eigenvalue weighted by Crippen LogP contribution is -2.50. The topological polar surface area (TPSA) is 69.6 Å². The maximum atomic E-state index is 12.5. The minimum atomic E-state index is -0.733. The molecule has 0 aromatic rings. The van der Waals surface area contributed by atoms with E-state index in [2.05, 4.69) is 5.32 Å². The van der Waals surface area contributed by atoms with Gasteiger partial charge in [0.25, 0.3) is 0 Å². The number of carbonyl (C=O) groups excluding carboxylic acids is 1. The summed E-state index contributed by atoms with van der Waals surface area (Å²) in [7, 11) is 0. The van der Waals surface area contributed by atoms with Crippen molar-refractivity contribution in [1.82, 2.24) is 10.2 Å². The van der Waals surface area contributed by atoms with E-state index in [4.69, 9.17) is 0 Å². The van der Waals surface area contributed by atoms with Gasteiger partial charge in [0.15, 0.2) is 0 Å². The van der Waals surface area contributed by atoms with Gasteiger partial charge in [0.1, 0.15) is 0 Å². The molecule has 0 aromatic heterocycles. The van der Waals surface area contributed by atoms with Crippen LogP contribution in [-0.2, 0) is 9.59 Å². The summed E-state index contributed by atoms with van der Waals surface area (Å²) in [6.45, 7) is 5.13. The van der Waals surface area contributed by atoms with Gasteiger partial charge in [0.05, 0.1) is 5.41 Å². The number of piperidine rings is 2. The maximum Gasteiger partial charge on any atom is 0.311 e. The van der Waals surface area contributed by atoms with E-state index in [9.17, 15) is 14.7 Å². The summed E-state index contributed by atoms with van der Waals surface area (Å²) in [4.78, 5) is 26.0. The predicted molar refractivity (Wildman–Crippen MR) is 81.0 cm³/mol. The number of amides is 1. The van der Waals surface area contributed by atoms with Crippen LogP contribution in [0.25, 0.3) is 0 Å². The third kappa shape index (κ3) is 3.96. The number of rotatable bonds is 5. The highest BCUT2D eigenvalue weighted by Gasteiger charge is 2.42. The van der Waals surface area contributed by atoms with Crippen LogP contribution in [-0.4, -0.2) is 48.1 Å². The van der Waals surface area contributed by atoms with Gasteiger partial charge in [-0.25, -0.2) is 0 Å². The quantitative estimate of drug-likeness (QED) is 0.812. The Hall–Kier alpha value is -1.10. The Kier molecular flexibility index (Phi) is 5.62. The molecule has 2 fully saturated rings. The van der Waals surface area contributed by atoms with Crippen molar-refractivity contribution in [3.8, 4) is 0 Å². The van der Waals surface area contributed by atoms with Crippen LogP contribution in [0.1, 0.15) is 51.9 Å². The molecule has 0 saturated carbocycles. The third-order valence-electron chi connectivity index (χ3n) is 5.03. The fourth-order valence-corrected chi connectivity index (χ4v) is 3.77. The molecular formula is C16H28N2O3. The second-order valence-corrected chi connectivity index (χ2v) is 6.65. The van der Waals surface area contributed by atoms with Gasteiger partial charge in [-0.05, 0) is 51.1 Å². The lowest BCUT2D eigenvalue weighted by molar-refractivity contribution is -0.155. The Balaban J connectivity index is 1.95. The Morgan fingerprint density at radius 3 is 2.67 bits per heavy atom. The molecule has 1 amide bonds. The van der Waals surface area contributed by atoms with E-state index in [0.717, 1.165) is 45.3 Å². The van der Waals surface area contributed by atoms with Crippen molar-refractivity contribution in [2.45, 2.75) is 51.9 Å². The van der Waals surface area contributed by atoms with E-state index in [1.807, 2.05) is 11.8 Å². The molecule has 2 aliphatic rings. The normalized spacial score (nSPS) is 27.6. The standard InChI is InChI=1S/C16H28N2O3/c1-2-6-16(15(20)21)7-3-10-18(12-16)14(19)11-13-4-8-17-9-5-13/h13,17H,2-12H2,1H3,(H,20,21). The molecule has 5 heteroatoms. The molecule has 2 heterocycles. The van der Waals surface area contributed by atoms with E-state index in [0.29, 0.717) is 31.7 Å². The fraction of sp³-hybridized carbons (Fsp3) is 0.875. The number of hydrogen-bond donors (Lipinski definition) is 2. The molecule has 0 spiro atoms. The van der Waals surface area contributed by atoms with E-state index in [1.165, 1.54) is 0 Å². The lowest BCUT2D eigenvalue weighted by atomic mass is 9.76. The number of hydrogen-bond acceptors (Lipinski definition) is 3. The first-order chi connectivity index (χ1) is 10.1. The average Bonchev–Trinajstić information content (AvgIpc) is 2.48. The summed E-state index contributed by atoms with van der Waals surface area (Å²) in [5.41, 5.74) is -0.712. The van der Waals surface area contributed by atoms with Crippen molar-refractivity contribution in [3.63, 3.8) is 0 Å². The van der Waals surface area contributed by atoms with Gasteiger partial charge in [-0.1, -0.05) is 13.3 Å². The molecule has 2 aliphatic heterocycles. The van der Waals surface area contributed by atoms with Crippen molar-refractivity contribution in [3.05, 3.63) is 0 Å². The van der Waals surface area contributed by atoms with Crippen LogP contribution >= 0.6 is 0 Å². The number of aliphatic carboxylic acids is 1. The Morgan fingerprint density at radius 2 is 2.05 bits per heavy atom. The van der Waals surface area contributed by atoms with Gasteiger partial charge < -0.3 is 15.3 Å². The van der Waals surface area contributed by atoms with E-state index < -0.39 is 11.4 Å². The molecule has 1 unspecified atom stereocenters. The van der Waals surface area contributed by atoms with Crippen molar-refractivity contribution < 1.29 is 14.7 Å². The molecule has 0 aromatic carbocycles. The lowest BCUT2D eigenvalue weighted by Gasteiger charge is -2.40. The molecule has 0 radical (unpaired) electrons. The molecule has 2 N–H and O–H groups in total. The van der Waals surface area contributed by atoms with Crippen LogP contribution in [0, 0.1) is 11.3 Å². The van der Waals surface area contributed by atoms with Crippen LogP contribution in [0.3, 0.4) is 0 Å². The van der Waals surface area contributed by atoms with Gasteiger partial charge in [0.2, 0.25) is 5.91 Å². The van der Waals surface area contributed by atoms with E-state index in [-0.39, 0.29) is 5.91 Å². The highest BCUT2D eigenvalue weighted by Crippen LogP contribution is 2.35. The van der Waals surface area contributed by atoms with Crippen LogP contribution in [0.15, 0.2) is 0 Å². The third-order valence-corrected chi connectivity index (χ3v) is 5.03. The Morgan fingerprint density at radius 1 is 1.33 bits per heavy atom. The number of carboxylic acids is 1. The monoisotopic (exact) mass is 296 g/mol. The first-order valence-corrected chi connectivity index (χ1v) is 8.29. The second-order valence-electron chi connectivity index (χ2n) is 6.65. The number of carboxylic acid groups (broad SMARTS) is 1. The highest BCUT2D eigenvalue weighted by molar-refractivity contribution is 5.80. The SMILES string of the molecule is CCCC1(C(=O)O)CCCN(C(=O)CC2CCNCC2)C1. The van der Waals surface area contributed by atoms with Gasteiger partial charge in [-0.15, -0.1) is 0 Å². The molecule has 21 heavy (non-hydrogen) atoms. The van der Waals surface area contributed by atoms with Crippen LogP contribution < -0.4 is 5.32 Å². The first-order valence-electron chi connectivity index (χ1n) is 8.29. The van der Waals surface area contributed by atoms with Crippen LogP contribution in [0.5, 0.6) is 0 Å². The molecule has 1 atom stereocenters. The van der Waals surface area contributed by atoms with E-state index >= 15 is 0 Å². The number of nitrogens with one attached hydrogen (secondary N) is 1. The number of carbonyl (C=O) groups is 2. The smallest absolute Gasteiger partial charge is 0.311 e. The van der Waals surface area contributed by atoms with Gasteiger partial charge in [-0.3, -0.25) is 9.59 Å². The average molecular weight is 296 g/mol. The minimum absolute atomic E-state index is 0.156. The summed E-state index contributed by atoms with van der Waals surface area (Å²) < 4.78 is 0. The van der Waals surface area contributed by atoms with Crippen LogP contribution in [0.4, 0.5) is 0 Å². The summed E-state index contributed by atoms with van der Waals surface area (Å²) in [6, 6.07) is 0. The summed E-state index contributed by atoms with van der Waals surface area (Å²) in [6.07, 6.45) is 5.72. The van der Waals surface area contributed by atoms with Gasteiger partial charge >= 0.3 is 5.97 Å². The van der Waals surface area contributed by atoms with Crippen molar-refractivity contribution in [1.29, 1.82) is 0 Å². The summed E-state index contributed by atoms with van der Waals surface area (Å²) in [5.74, 6) is -0.113. The molecule has 0 bridgehead atoms. The molecule has 5 nitrogen and oxygen atoms in total. The van der Waals surface area contributed by atoms with Crippen molar-refractivity contribution in [2.75, 3.05) is 26.2 Å². The van der Waals surface area contributed by atoms with Gasteiger partial charge in [0, 0.05) is 19.5 Å². The number of nitrogens with zero attached hydrogens (tertiary/aromatic N) is 1. The van der Waals surface area contributed by atoms with E-state index in [1.54, 1.807) is 0 Å². The fourth-order valence-electron chi connectivity index (χ4n) is 3.77. The van der Waals surface area contributed by atoms with Crippen molar-refractivity contribution in [2.24, 2.45) is 11.3 Å². The minimum Gasteiger partial charge on any atom is -0.481 e. The largest absolute Gasteiger partial charge is 0.481 e. The molecule has 120 valence electrons. The molecule has 0 aliphatic carbocycles. The highest BCUT2D eigenvalue weighted by atomic mass is 16.4. The Labute approximate surface area is 127 Å². The summed E-state index contributed by atoms with van der Waals surface area (Å²) >= 11 is 0. The molecular weight excluding hydrogens is 268 g/mol. The first kappa shape index (κ1) is 16.3. The second kappa shape index (κ2) is 7.25. The zero-order chi connectivity index (χ0) is 15.3. The molecule has 2 rings (SSSR count). The van der Waals surface area contributed by atoms with Crippen LogP contribution in [0.2, 0.25) is 0 Å². The van der Waals surface area contributed by atoms with Gasteiger partial charge in [-0.2, -0.15) is 0 Å². The zero-order valence-electron chi connectivity index (χ0n) is 13.1. The molecule has 2 saturated heterocycles.